The summed E-state index contributed by atoms with van der Waals surface area (Å²) in [5.74, 6) is 0.739. The Balaban J connectivity index is 1.79. The van der Waals surface area contributed by atoms with Crippen LogP contribution in [0.4, 0.5) is 4.39 Å². The lowest BCUT2D eigenvalue weighted by atomic mass is 10.1. The Morgan fingerprint density at radius 3 is 2.43 bits per heavy atom. The number of imidazole rings is 1. The van der Waals surface area contributed by atoms with E-state index in [9.17, 15) is 9.18 Å². The molecule has 28 heavy (non-hydrogen) atoms. The van der Waals surface area contributed by atoms with E-state index in [1.807, 2.05) is 11.8 Å². The van der Waals surface area contributed by atoms with E-state index in [4.69, 9.17) is 4.98 Å². The molecule has 1 fully saturated rings. The number of carbonyl (C=O) groups is 1. The molecule has 3 aromatic rings. The average molecular weight is 379 g/mol. The number of carbonyl (C=O) groups excluding carboxylic acids is 1. The van der Waals surface area contributed by atoms with Gasteiger partial charge in [0.05, 0.1) is 11.0 Å². The van der Waals surface area contributed by atoms with Gasteiger partial charge in [0.1, 0.15) is 17.7 Å². The monoisotopic (exact) mass is 379 g/mol. The first-order valence-electron chi connectivity index (χ1n) is 9.95. The van der Waals surface area contributed by atoms with E-state index < -0.39 is 0 Å². The summed E-state index contributed by atoms with van der Waals surface area (Å²) in [4.78, 5) is 19.9. The lowest BCUT2D eigenvalue weighted by Crippen LogP contribution is -2.34. The van der Waals surface area contributed by atoms with E-state index in [-0.39, 0.29) is 17.8 Å². The molecule has 1 saturated heterocycles. The predicted octanol–water partition coefficient (Wildman–Crippen LogP) is 4.57. The summed E-state index contributed by atoms with van der Waals surface area (Å²) in [5.41, 5.74) is 5.24. The van der Waals surface area contributed by atoms with Crippen LogP contribution in [0.15, 0.2) is 36.4 Å². The number of rotatable bonds is 4. The fourth-order valence-corrected chi connectivity index (χ4v) is 4.05. The highest BCUT2D eigenvalue weighted by Crippen LogP contribution is 2.27. The van der Waals surface area contributed by atoms with Gasteiger partial charge in [-0.3, -0.25) is 4.79 Å². The summed E-state index contributed by atoms with van der Waals surface area (Å²) in [5, 5.41) is 0. The van der Waals surface area contributed by atoms with E-state index in [2.05, 4.69) is 30.5 Å². The van der Waals surface area contributed by atoms with Crippen LogP contribution in [0.1, 0.15) is 48.3 Å². The summed E-state index contributed by atoms with van der Waals surface area (Å²) >= 11 is 0. The molecule has 4 rings (SSSR count). The number of fused-ring (bicyclic) bond motifs is 1. The van der Waals surface area contributed by atoms with Gasteiger partial charge in [-0.1, -0.05) is 12.1 Å². The highest BCUT2D eigenvalue weighted by molar-refractivity contribution is 5.85. The molecule has 1 aliphatic rings. The van der Waals surface area contributed by atoms with Gasteiger partial charge in [0.15, 0.2) is 0 Å². The largest absolute Gasteiger partial charge is 0.341 e. The maximum absolute atomic E-state index is 13.3. The molecule has 0 bridgehead atoms. The third-order valence-corrected chi connectivity index (χ3v) is 5.82. The zero-order chi connectivity index (χ0) is 19.8. The zero-order valence-corrected chi connectivity index (χ0v) is 16.7. The molecule has 1 aromatic heterocycles. The van der Waals surface area contributed by atoms with E-state index >= 15 is 0 Å². The number of nitrogens with zero attached hydrogens (tertiary/aromatic N) is 3. The molecule has 0 saturated carbocycles. The molecule has 4 nitrogen and oxygen atoms in total. The molecular formula is C23H26FN3O. The number of benzene rings is 2. The van der Waals surface area contributed by atoms with Crippen molar-refractivity contribution in [1.82, 2.24) is 14.5 Å². The van der Waals surface area contributed by atoms with Gasteiger partial charge in [0.2, 0.25) is 5.91 Å². The molecule has 0 N–H and O–H groups in total. The Labute approximate surface area is 165 Å². The van der Waals surface area contributed by atoms with Crippen molar-refractivity contribution in [2.45, 2.75) is 46.1 Å². The summed E-state index contributed by atoms with van der Waals surface area (Å²) in [6.45, 7) is 7.79. The smallest absolute Gasteiger partial charge is 0.245 e. The summed E-state index contributed by atoms with van der Waals surface area (Å²) in [6, 6.07) is 10.4. The Kier molecular flexibility index (Phi) is 4.92. The van der Waals surface area contributed by atoms with Crippen LogP contribution in [0.25, 0.3) is 11.0 Å². The maximum Gasteiger partial charge on any atom is 0.245 e. The van der Waals surface area contributed by atoms with Gasteiger partial charge in [-0.15, -0.1) is 0 Å². The highest BCUT2D eigenvalue weighted by Gasteiger charge is 2.27. The summed E-state index contributed by atoms with van der Waals surface area (Å²) < 4.78 is 15.4. The Morgan fingerprint density at radius 1 is 1.11 bits per heavy atom. The van der Waals surface area contributed by atoms with Crippen molar-refractivity contribution in [2.24, 2.45) is 0 Å². The van der Waals surface area contributed by atoms with Crippen LogP contribution in [0.5, 0.6) is 0 Å². The molecule has 1 atom stereocenters. The minimum Gasteiger partial charge on any atom is -0.341 e. The molecule has 0 spiro atoms. The molecule has 2 heterocycles. The van der Waals surface area contributed by atoms with Crippen LogP contribution >= 0.6 is 0 Å². The minimum atomic E-state index is -0.319. The van der Waals surface area contributed by atoms with Gasteiger partial charge >= 0.3 is 0 Å². The lowest BCUT2D eigenvalue weighted by Gasteiger charge is -2.23. The molecule has 146 valence electrons. The van der Waals surface area contributed by atoms with Crippen molar-refractivity contribution in [1.29, 1.82) is 0 Å². The van der Waals surface area contributed by atoms with Gasteiger partial charge in [0, 0.05) is 19.5 Å². The fraction of sp³-hybridized carbons (Fsp3) is 0.391. The fourth-order valence-electron chi connectivity index (χ4n) is 4.05. The molecule has 1 aliphatic heterocycles. The Hall–Kier alpha value is -2.69. The van der Waals surface area contributed by atoms with Crippen LogP contribution < -0.4 is 0 Å². The van der Waals surface area contributed by atoms with Gasteiger partial charge in [-0.2, -0.15) is 0 Å². The Bertz CT molecular complexity index is 1020. The van der Waals surface area contributed by atoms with Crippen LogP contribution in [0.2, 0.25) is 0 Å². The molecule has 0 radical (unpaired) electrons. The highest BCUT2D eigenvalue weighted by atomic mass is 19.1. The number of amides is 1. The topological polar surface area (TPSA) is 38.1 Å². The molecule has 2 aromatic carbocycles. The second-order valence-electron chi connectivity index (χ2n) is 7.83. The van der Waals surface area contributed by atoms with E-state index in [0.717, 1.165) is 48.4 Å². The molecule has 0 unspecified atom stereocenters. The minimum absolute atomic E-state index is 0.149. The number of aryl methyl sites for hydroxylation is 2. The summed E-state index contributed by atoms with van der Waals surface area (Å²) in [7, 11) is 0. The maximum atomic E-state index is 13.3. The van der Waals surface area contributed by atoms with Gasteiger partial charge < -0.3 is 9.47 Å². The lowest BCUT2D eigenvalue weighted by molar-refractivity contribution is -0.133. The van der Waals surface area contributed by atoms with Crippen LogP contribution in [-0.4, -0.2) is 33.4 Å². The first-order chi connectivity index (χ1) is 13.4. The molecule has 0 aliphatic carbocycles. The van der Waals surface area contributed by atoms with Crippen LogP contribution in [-0.2, 0) is 11.2 Å². The van der Waals surface area contributed by atoms with Crippen molar-refractivity contribution >= 4 is 16.9 Å². The van der Waals surface area contributed by atoms with Gasteiger partial charge in [-0.25, -0.2) is 9.37 Å². The number of hydrogen-bond donors (Lipinski definition) is 0. The van der Waals surface area contributed by atoms with Gasteiger partial charge in [-0.05, 0) is 74.6 Å². The Morgan fingerprint density at radius 2 is 1.75 bits per heavy atom. The molecule has 5 heteroatoms. The third-order valence-electron chi connectivity index (χ3n) is 5.82. The number of likely N-dealkylation sites (tertiary alicyclic amines) is 1. The molecule has 1 amide bonds. The van der Waals surface area contributed by atoms with E-state index in [0.29, 0.717) is 6.42 Å². The van der Waals surface area contributed by atoms with Crippen LogP contribution in [0, 0.1) is 19.7 Å². The summed E-state index contributed by atoms with van der Waals surface area (Å²) in [6.07, 6.45) is 2.71. The van der Waals surface area contributed by atoms with Gasteiger partial charge in [0.25, 0.3) is 0 Å². The third kappa shape index (κ3) is 3.41. The van der Waals surface area contributed by atoms with Crippen molar-refractivity contribution in [3.8, 4) is 0 Å². The standard InChI is InChI=1S/C23H26FN3O/c1-15-12-20-21(13-16(15)2)27(17(3)23(28)26-10-4-5-11-26)22(25-20)14-18-6-8-19(24)9-7-18/h6-9,12-13,17H,4-5,10-11,14H2,1-3H3/t17-/m1/s1. The second-order valence-corrected chi connectivity index (χ2v) is 7.83. The second kappa shape index (κ2) is 7.38. The number of halogens is 1. The quantitative estimate of drug-likeness (QED) is 0.666. The first-order valence-corrected chi connectivity index (χ1v) is 9.95. The van der Waals surface area contributed by atoms with Crippen molar-refractivity contribution in [3.05, 3.63) is 64.7 Å². The van der Waals surface area contributed by atoms with E-state index in [1.54, 1.807) is 12.1 Å². The number of aromatic nitrogens is 2. The molecular weight excluding hydrogens is 353 g/mol. The van der Waals surface area contributed by atoms with Crippen LogP contribution in [0.3, 0.4) is 0 Å². The first kappa shape index (κ1) is 18.7. The van der Waals surface area contributed by atoms with Crippen molar-refractivity contribution < 1.29 is 9.18 Å². The SMILES string of the molecule is Cc1cc2nc(Cc3ccc(F)cc3)n([C@H](C)C(=O)N3CCCC3)c2cc1C. The predicted molar refractivity (Wildman–Crippen MR) is 109 cm³/mol. The normalized spacial score (nSPS) is 15.4. The van der Waals surface area contributed by atoms with Crippen molar-refractivity contribution in [3.63, 3.8) is 0 Å². The average Bonchev–Trinajstić information content (AvgIpc) is 3.31. The number of hydrogen-bond acceptors (Lipinski definition) is 2. The van der Waals surface area contributed by atoms with E-state index in [1.165, 1.54) is 23.3 Å². The zero-order valence-electron chi connectivity index (χ0n) is 16.7. The van der Waals surface area contributed by atoms with Crippen molar-refractivity contribution in [2.75, 3.05) is 13.1 Å².